The summed E-state index contributed by atoms with van der Waals surface area (Å²) in [5.74, 6) is 1.28. The summed E-state index contributed by atoms with van der Waals surface area (Å²) in [5.41, 5.74) is 0.555. The zero-order chi connectivity index (χ0) is 18.7. The van der Waals surface area contributed by atoms with Gasteiger partial charge in [-0.25, -0.2) is 4.98 Å². The molecule has 1 saturated carbocycles. The van der Waals surface area contributed by atoms with E-state index in [1.165, 1.54) is 24.6 Å². The quantitative estimate of drug-likeness (QED) is 0.394. The van der Waals surface area contributed by atoms with Crippen LogP contribution in [0, 0.1) is 14.9 Å². The Labute approximate surface area is 169 Å². The van der Waals surface area contributed by atoms with Crippen LogP contribution in [-0.4, -0.2) is 29.4 Å². The molecule has 6 nitrogen and oxygen atoms in total. The van der Waals surface area contributed by atoms with Crippen molar-refractivity contribution in [2.45, 2.75) is 36.9 Å². The Morgan fingerprint density at radius 3 is 2.73 bits per heavy atom. The highest BCUT2D eigenvalue weighted by atomic mass is 127. The second kappa shape index (κ2) is 8.31. The van der Waals surface area contributed by atoms with Crippen molar-refractivity contribution in [1.29, 1.82) is 5.26 Å². The number of aromatic nitrogens is 2. The molecule has 0 spiro atoms. The summed E-state index contributed by atoms with van der Waals surface area (Å²) in [5, 5.41) is 9.85. The Morgan fingerprint density at radius 1 is 1.38 bits per heavy atom. The lowest BCUT2D eigenvalue weighted by Gasteiger charge is -2.18. The number of nitriles is 1. The largest absolute Gasteiger partial charge is 0.493 e. The van der Waals surface area contributed by atoms with E-state index < -0.39 is 5.56 Å². The first-order valence-electron chi connectivity index (χ1n) is 8.20. The van der Waals surface area contributed by atoms with Gasteiger partial charge in [-0.1, -0.05) is 11.8 Å². The predicted molar refractivity (Wildman–Crippen MR) is 109 cm³/mol. The molecule has 26 heavy (non-hydrogen) atoms. The van der Waals surface area contributed by atoms with Gasteiger partial charge in [0.15, 0.2) is 16.7 Å². The van der Waals surface area contributed by atoms with Gasteiger partial charge in [-0.2, -0.15) is 5.26 Å². The van der Waals surface area contributed by atoms with E-state index >= 15 is 0 Å². The molecular formula is C18H18IN3O3S. The van der Waals surface area contributed by atoms with E-state index in [1.807, 2.05) is 18.4 Å². The highest BCUT2D eigenvalue weighted by molar-refractivity contribution is 14.1. The smallest absolute Gasteiger partial charge is 0.270 e. The first-order valence-corrected chi connectivity index (χ1v) is 10.5. The summed E-state index contributed by atoms with van der Waals surface area (Å²) in [6.07, 6.45) is 6.48. The summed E-state index contributed by atoms with van der Waals surface area (Å²) < 4.78 is 12.5. The number of benzene rings is 1. The van der Waals surface area contributed by atoms with Crippen LogP contribution in [0.5, 0.6) is 11.5 Å². The molecule has 8 heteroatoms. The summed E-state index contributed by atoms with van der Waals surface area (Å²) in [7, 11) is 1.58. The van der Waals surface area contributed by atoms with Crippen LogP contribution in [0.15, 0.2) is 22.1 Å². The Kier molecular flexibility index (Phi) is 6.09. The van der Waals surface area contributed by atoms with E-state index in [4.69, 9.17) is 9.47 Å². The molecule has 1 fully saturated rings. The fourth-order valence-electron chi connectivity index (χ4n) is 3.01. The van der Waals surface area contributed by atoms with Crippen LogP contribution in [0.4, 0.5) is 0 Å². The lowest BCUT2D eigenvalue weighted by molar-refractivity contribution is 0.199. The molecule has 1 N–H and O–H groups in total. The Balaban J connectivity index is 2.10. The maximum absolute atomic E-state index is 12.2. The van der Waals surface area contributed by atoms with Gasteiger partial charge in [0.05, 0.1) is 22.5 Å². The molecular weight excluding hydrogens is 465 g/mol. The van der Waals surface area contributed by atoms with Crippen LogP contribution in [0.25, 0.3) is 11.3 Å². The molecule has 0 bridgehead atoms. The van der Waals surface area contributed by atoms with Gasteiger partial charge in [-0.15, -0.1) is 0 Å². The number of aromatic amines is 1. The average molecular weight is 483 g/mol. The zero-order valence-electron chi connectivity index (χ0n) is 14.5. The number of rotatable bonds is 5. The summed E-state index contributed by atoms with van der Waals surface area (Å²) in [4.78, 5) is 19.2. The van der Waals surface area contributed by atoms with Crippen LogP contribution >= 0.6 is 34.4 Å². The number of hydrogen-bond donors (Lipinski definition) is 1. The van der Waals surface area contributed by atoms with Gasteiger partial charge < -0.3 is 14.5 Å². The molecule has 0 saturated heterocycles. The van der Waals surface area contributed by atoms with Crippen LogP contribution in [0.3, 0.4) is 0 Å². The van der Waals surface area contributed by atoms with Gasteiger partial charge in [-0.05, 0) is 66.7 Å². The molecule has 0 radical (unpaired) electrons. The Morgan fingerprint density at radius 2 is 2.12 bits per heavy atom. The monoisotopic (exact) mass is 483 g/mol. The van der Waals surface area contributed by atoms with Gasteiger partial charge in [0, 0.05) is 5.56 Å². The first-order chi connectivity index (χ1) is 12.6. The number of hydrogen-bond acceptors (Lipinski definition) is 6. The van der Waals surface area contributed by atoms with Gasteiger partial charge in [0.25, 0.3) is 5.56 Å². The molecule has 2 aromatic rings. The lowest BCUT2D eigenvalue weighted by Crippen LogP contribution is -2.15. The maximum Gasteiger partial charge on any atom is 0.270 e. The molecule has 1 aromatic carbocycles. The SMILES string of the molecule is COc1cc(-c2nc(SC)[nH]c(=O)c2C#N)cc(I)c1OC1CCCC1. The minimum atomic E-state index is -0.442. The standard InChI is InChI=1S/C18H18IN3O3S/c1-24-14-8-10(7-13(19)16(14)25-11-5-3-4-6-11)15-12(9-20)17(23)22-18(21-15)26-2/h7-8,11H,3-6H2,1-2H3,(H,21,22,23). The molecule has 0 atom stereocenters. The number of nitrogens with one attached hydrogen (secondary N) is 1. The van der Waals surface area contributed by atoms with Gasteiger partial charge >= 0.3 is 0 Å². The highest BCUT2D eigenvalue weighted by Crippen LogP contribution is 2.39. The molecule has 0 amide bonds. The normalized spacial score (nSPS) is 14.2. The fourth-order valence-corrected chi connectivity index (χ4v) is 4.11. The second-order valence-electron chi connectivity index (χ2n) is 5.92. The van der Waals surface area contributed by atoms with Crippen LogP contribution in [-0.2, 0) is 0 Å². The topological polar surface area (TPSA) is 88.0 Å². The summed E-state index contributed by atoms with van der Waals surface area (Å²) in [6, 6.07) is 5.61. The maximum atomic E-state index is 12.2. The number of H-pyrrole nitrogens is 1. The number of halogens is 1. The Bertz CT molecular complexity index is 917. The minimum absolute atomic E-state index is 0.00915. The third kappa shape index (κ3) is 3.83. The third-order valence-corrected chi connectivity index (χ3v) is 5.67. The van der Waals surface area contributed by atoms with Crippen molar-refractivity contribution in [3.05, 3.63) is 31.6 Å². The van der Waals surface area contributed by atoms with E-state index in [9.17, 15) is 10.1 Å². The van der Waals surface area contributed by atoms with E-state index in [2.05, 4.69) is 32.6 Å². The molecule has 1 heterocycles. The lowest BCUT2D eigenvalue weighted by atomic mass is 10.1. The molecule has 1 aliphatic rings. The Hall–Kier alpha value is -1.73. The predicted octanol–water partition coefficient (Wildman–Crippen LogP) is 3.97. The number of nitrogens with zero attached hydrogens (tertiary/aromatic N) is 2. The van der Waals surface area contributed by atoms with Crippen molar-refractivity contribution in [2.75, 3.05) is 13.4 Å². The van der Waals surface area contributed by atoms with Crippen molar-refractivity contribution >= 4 is 34.4 Å². The van der Waals surface area contributed by atoms with Crippen molar-refractivity contribution in [1.82, 2.24) is 9.97 Å². The van der Waals surface area contributed by atoms with Crippen molar-refractivity contribution in [2.24, 2.45) is 0 Å². The number of thioether (sulfide) groups is 1. The van der Waals surface area contributed by atoms with Gasteiger partial charge in [-0.3, -0.25) is 4.79 Å². The van der Waals surface area contributed by atoms with Crippen LogP contribution < -0.4 is 15.0 Å². The van der Waals surface area contributed by atoms with Gasteiger partial charge in [0.1, 0.15) is 11.6 Å². The zero-order valence-corrected chi connectivity index (χ0v) is 17.4. The van der Waals surface area contributed by atoms with Crippen molar-refractivity contribution in [3.63, 3.8) is 0 Å². The van der Waals surface area contributed by atoms with Crippen LogP contribution in [0.1, 0.15) is 31.2 Å². The van der Waals surface area contributed by atoms with E-state index in [0.29, 0.717) is 27.9 Å². The van der Waals surface area contributed by atoms with E-state index in [1.54, 1.807) is 13.2 Å². The summed E-state index contributed by atoms with van der Waals surface area (Å²) >= 11 is 3.51. The molecule has 3 rings (SSSR count). The minimum Gasteiger partial charge on any atom is -0.493 e. The third-order valence-electron chi connectivity index (χ3n) is 4.29. The fraction of sp³-hybridized carbons (Fsp3) is 0.389. The first kappa shape index (κ1) is 19.0. The number of methoxy groups -OCH3 is 1. The molecule has 1 aliphatic carbocycles. The second-order valence-corrected chi connectivity index (χ2v) is 7.88. The molecule has 136 valence electrons. The average Bonchev–Trinajstić information content (AvgIpc) is 3.15. The summed E-state index contributed by atoms with van der Waals surface area (Å²) in [6.45, 7) is 0. The molecule has 0 aliphatic heterocycles. The molecule has 0 unspecified atom stereocenters. The van der Waals surface area contributed by atoms with Crippen molar-refractivity contribution in [3.8, 4) is 28.8 Å². The highest BCUT2D eigenvalue weighted by Gasteiger charge is 2.22. The van der Waals surface area contributed by atoms with Crippen molar-refractivity contribution < 1.29 is 9.47 Å². The molecule has 1 aromatic heterocycles. The van der Waals surface area contributed by atoms with Crippen LogP contribution in [0.2, 0.25) is 0 Å². The van der Waals surface area contributed by atoms with E-state index in [0.717, 1.165) is 16.4 Å². The van der Waals surface area contributed by atoms with Gasteiger partial charge in [0.2, 0.25) is 0 Å². The van der Waals surface area contributed by atoms with E-state index in [-0.39, 0.29) is 11.7 Å². The number of ether oxygens (including phenoxy) is 2.